The predicted molar refractivity (Wildman–Crippen MR) is 87.1 cm³/mol. The fraction of sp³-hybridized carbons (Fsp3) is 0.0588. The first kappa shape index (κ1) is 16.3. The second-order valence-corrected chi connectivity index (χ2v) is 5.41. The lowest BCUT2D eigenvalue weighted by Crippen LogP contribution is -2.05. The number of aromatic hydroxyl groups is 1. The van der Waals surface area contributed by atoms with Crippen molar-refractivity contribution < 1.29 is 18.3 Å². The minimum Gasteiger partial charge on any atom is -0.507 e. The normalized spacial score (nSPS) is 12.2. The minimum atomic E-state index is -4.52. The van der Waals surface area contributed by atoms with E-state index in [1.807, 2.05) is 18.2 Å². The van der Waals surface area contributed by atoms with Gasteiger partial charge in [0, 0.05) is 18.0 Å². The number of phenols is 1. The lowest BCUT2D eigenvalue weighted by Gasteiger charge is -2.07. The van der Waals surface area contributed by atoms with Gasteiger partial charge in [-0.3, -0.25) is 0 Å². The highest BCUT2D eigenvalue weighted by atomic mass is 35.5. The molecule has 0 radical (unpaired) electrons. The van der Waals surface area contributed by atoms with Crippen LogP contribution in [0.4, 0.5) is 19.0 Å². The average Bonchev–Trinajstić information content (AvgIpc) is 2.54. The summed E-state index contributed by atoms with van der Waals surface area (Å²) < 4.78 is 37.8. The molecule has 0 atom stereocenters. The molecule has 122 valence electrons. The number of benzene rings is 2. The molecule has 24 heavy (non-hydrogen) atoms. The predicted octanol–water partition coefficient (Wildman–Crippen LogP) is 5.36. The molecule has 3 rings (SSSR count). The van der Waals surface area contributed by atoms with Crippen molar-refractivity contribution in [2.75, 3.05) is 0 Å². The van der Waals surface area contributed by atoms with Gasteiger partial charge in [0.2, 0.25) is 0 Å². The van der Waals surface area contributed by atoms with Gasteiger partial charge in [-0.25, -0.2) is 9.98 Å². The zero-order valence-electron chi connectivity index (χ0n) is 12.0. The molecular formula is C17H10ClF3N2O. The number of aromatic nitrogens is 1. The number of nitrogens with zero attached hydrogens (tertiary/aromatic N) is 2. The number of hydrogen-bond acceptors (Lipinski definition) is 3. The van der Waals surface area contributed by atoms with Crippen LogP contribution < -0.4 is 0 Å². The van der Waals surface area contributed by atoms with Gasteiger partial charge in [0.05, 0.1) is 10.6 Å². The fourth-order valence-corrected chi connectivity index (χ4v) is 2.44. The molecule has 0 unspecified atom stereocenters. The maximum Gasteiger partial charge on any atom is 0.417 e. The summed E-state index contributed by atoms with van der Waals surface area (Å²) in [5.74, 6) is -0.0579. The Morgan fingerprint density at radius 3 is 2.58 bits per heavy atom. The number of pyridine rings is 1. The molecule has 0 aliphatic rings. The Kier molecular flexibility index (Phi) is 4.15. The van der Waals surface area contributed by atoms with E-state index in [9.17, 15) is 18.3 Å². The van der Waals surface area contributed by atoms with Crippen molar-refractivity contribution in [2.45, 2.75) is 6.18 Å². The minimum absolute atomic E-state index is 0.000448. The number of fused-ring (bicyclic) bond motifs is 1. The van der Waals surface area contributed by atoms with Gasteiger partial charge in [0.25, 0.3) is 0 Å². The van der Waals surface area contributed by atoms with Crippen LogP contribution in [0.25, 0.3) is 10.8 Å². The third-order valence-electron chi connectivity index (χ3n) is 3.41. The summed E-state index contributed by atoms with van der Waals surface area (Å²) in [6.45, 7) is 0. The van der Waals surface area contributed by atoms with Gasteiger partial charge in [-0.15, -0.1) is 0 Å². The van der Waals surface area contributed by atoms with Crippen molar-refractivity contribution in [1.29, 1.82) is 0 Å². The van der Waals surface area contributed by atoms with Gasteiger partial charge in [-0.05, 0) is 22.9 Å². The summed E-state index contributed by atoms with van der Waals surface area (Å²) >= 11 is 5.82. The first-order valence-electron chi connectivity index (χ1n) is 6.84. The first-order chi connectivity index (χ1) is 11.4. The fourth-order valence-electron chi connectivity index (χ4n) is 2.23. The Hall–Kier alpha value is -2.60. The Labute approximate surface area is 140 Å². The van der Waals surface area contributed by atoms with Crippen molar-refractivity contribution in [3.05, 3.63) is 64.8 Å². The van der Waals surface area contributed by atoms with E-state index >= 15 is 0 Å². The molecule has 0 spiro atoms. The van der Waals surface area contributed by atoms with Crippen LogP contribution in [0.5, 0.6) is 5.75 Å². The van der Waals surface area contributed by atoms with Crippen molar-refractivity contribution >= 4 is 34.4 Å². The maximum absolute atomic E-state index is 12.6. The molecular weight excluding hydrogens is 341 g/mol. The number of hydrogen-bond donors (Lipinski definition) is 1. The highest BCUT2D eigenvalue weighted by molar-refractivity contribution is 6.32. The van der Waals surface area contributed by atoms with Crippen LogP contribution in [-0.4, -0.2) is 16.3 Å². The van der Waals surface area contributed by atoms with E-state index in [-0.39, 0.29) is 16.6 Å². The van der Waals surface area contributed by atoms with E-state index < -0.39 is 11.7 Å². The van der Waals surface area contributed by atoms with Crippen LogP contribution in [0.15, 0.2) is 53.7 Å². The van der Waals surface area contributed by atoms with Gasteiger partial charge in [0.1, 0.15) is 5.75 Å². The smallest absolute Gasteiger partial charge is 0.417 e. The average molecular weight is 351 g/mol. The van der Waals surface area contributed by atoms with Gasteiger partial charge >= 0.3 is 6.18 Å². The largest absolute Gasteiger partial charge is 0.507 e. The summed E-state index contributed by atoms with van der Waals surface area (Å²) in [4.78, 5) is 7.65. The molecule has 1 N–H and O–H groups in total. The molecule has 7 heteroatoms. The van der Waals surface area contributed by atoms with E-state index in [0.29, 0.717) is 11.8 Å². The summed E-state index contributed by atoms with van der Waals surface area (Å²) in [6.07, 6.45) is -2.52. The van der Waals surface area contributed by atoms with E-state index in [0.717, 1.165) is 16.8 Å². The topological polar surface area (TPSA) is 45.5 Å². The third kappa shape index (κ3) is 3.19. The van der Waals surface area contributed by atoms with Crippen LogP contribution in [0.3, 0.4) is 0 Å². The quantitative estimate of drug-likeness (QED) is 0.632. The van der Waals surface area contributed by atoms with Gasteiger partial charge in [-0.2, -0.15) is 13.2 Å². The molecule has 1 heterocycles. The van der Waals surface area contributed by atoms with E-state index in [1.54, 1.807) is 12.1 Å². The Morgan fingerprint density at radius 2 is 1.88 bits per heavy atom. The highest BCUT2D eigenvalue weighted by Gasteiger charge is 2.31. The Bertz CT molecular complexity index is 939. The molecule has 0 bridgehead atoms. The van der Waals surface area contributed by atoms with Crippen LogP contribution >= 0.6 is 11.6 Å². The lowest BCUT2D eigenvalue weighted by atomic mass is 10.0. The van der Waals surface area contributed by atoms with Crippen molar-refractivity contribution in [2.24, 2.45) is 4.99 Å². The molecule has 0 aliphatic carbocycles. The van der Waals surface area contributed by atoms with Crippen molar-refractivity contribution in [3.8, 4) is 5.75 Å². The summed E-state index contributed by atoms with van der Waals surface area (Å²) in [5.41, 5.74) is -0.509. The van der Waals surface area contributed by atoms with Crippen LogP contribution in [0, 0.1) is 0 Å². The molecule has 0 amide bonds. The van der Waals surface area contributed by atoms with E-state index in [4.69, 9.17) is 11.6 Å². The number of halogens is 4. The summed E-state index contributed by atoms with van der Waals surface area (Å²) in [6, 6.07) is 11.4. The maximum atomic E-state index is 12.6. The second-order valence-electron chi connectivity index (χ2n) is 5.00. The number of aliphatic imine (C=N–C) groups is 1. The molecule has 1 aromatic heterocycles. The molecule has 0 fully saturated rings. The summed E-state index contributed by atoms with van der Waals surface area (Å²) in [5, 5.41) is 11.4. The number of phenolic OH excluding ortho intramolecular Hbond substituents is 1. The molecule has 3 nitrogen and oxygen atoms in total. The van der Waals surface area contributed by atoms with Crippen molar-refractivity contribution in [3.63, 3.8) is 0 Å². The monoisotopic (exact) mass is 350 g/mol. The number of alkyl halides is 3. The van der Waals surface area contributed by atoms with E-state index in [1.165, 1.54) is 12.3 Å². The Morgan fingerprint density at radius 1 is 1.12 bits per heavy atom. The van der Waals surface area contributed by atoms with Crippen LogP contribution in [0.1, 0.15) is 11.1 Å². The van der Waals surface area contributed by atoms with Gasteiger partial charge in [0.15, 0.2) is 5.82 Å². The van der Waals surface area contributed by atoms with E-state index in [2.05, 4.69) is 9.98 Å². The standard InChI is InChI=1S/C17H10ClF3N2O/c18-14-7-11(17(19,20)21)8-22-16(14)23-9-13-12-4-2-1-3-10(12)5-6-15(13)24/h1-9,24H/b23-9+. The lowest BCUT2D eigenvalue weighted by molar-refractivity contribution is -0.137. The Balaban J connectivity index is 2.02. The van der Waals surface area contributed by atoms with Crippen molar-refractivity contribution in [1.82, 2.24) is 4.98 Å². The molecule has 0 saturated carbocycles. The molecule has 2 aromatic carbocycles. The summed E-state index contributed by atoms with van der Waals surface area (Å²) in [7, 11) is 0. The second kappa shape index (κ2) is 6.13. The molecule has 3 aromatic rings. The third-order valence-corrected chi connectivity index (χ3v) is 3.69. The SMILES string of the molecule is Oc1ccc2ccccc2c1/C=N/c1ncc(C(F)(F)F)cc1Cl. The molecule has 0 saturated heterocycles. The van der Waals surface area contributed by atoms with Gasteiger partial charge in [-0.1, -0.05) is 41.9 Å². The first-order valence-corrected chi connectivity index (χ1v) is 7.21. The highest BCUT2D eigenvalue weighted by Crippen LogP contribution is 2.33. The zero-order valence-corrected chi connectivity index (χ0v) is 12.8. The van der Waals surface area contributed by atoms with Gasteiger partial charge < -0.3 is 5.11 Å². The van der Waals surface area contributed by atoms with Crippen LogP contribution in [0.2, 0.25) is 5.02 Å². The number of rotatable bonds is 2. The zero-order chi connectivity index (χ0) is 17.3. The molecule has 0 aliphatic heterocycles. The van der Waals surface area contributed by atoms with Crippen LogP contribution in [-0.2, 0) is 6.18 Å².